The van der Waals surface area contributed by atoms with Gasteiger partial charge < -0.3 is 24.7 Å². The van der Waals surface area contributed by atoms with Gasteiger partial charge in [-0.05, 0) is 43.2 Å². The zero-order valence-electron chi connectivity index (χ0n) is 18.5. The number of aliphatic carboxylic acids is 2. The summed E-state index contributed by atoms with van der Waals surface area (Å²) >= 11 is 1.06. The third kappa shape index (κ3) is 6.38. The normalized spacial score (nSPS) is 18.7. The molecule has 2 N–H and O–H groups in total. The molecule has 1 aliphatic heterocycles. The Balaban J connectivity index is 1.53. The topological polar surface area (TPSA) is 120 Å². The molecule has 9 nitrogen and oxygen atoms in total. The highest BCUT2D eigenvalue weighted by atomic mass is 32.2. The lowest BCUT2D eigenvalue weighted by atomic mass is 10.0. The van der Waals surface area contributed by atoms with Crippen molar-refractivity contribution in [3.8, 4) is 5.75 Å². The van der Waals surface area contributed by atoms with Crippen LogP contribution in [-0.4, -0.2) is 74.8 Å². The fraction of sp³-hybridized carbons (Fsp3) is 0.391. The van der Waals surface area contributed by atoms with Gasteiger partial charge in [0, 0.05) is 24.5 Å². The minimum Gasteiger partial charge on any atom is -0.492 e. The summed E-state index contributed by atoms with van der Waals surface area (Å²) in [5, 5.41) is 17.8. The van der Waals surface area contributed by atoms with Crippen molar-refractivity contribution in [1.29, 1.82) is 0 Å². The summed E-state index contributed by atoms with van der Waals surface area (Å²) < 4.78 is 5.82. The van der Waals surface area contributed by atoms with E-state index < -0.39 is 35.7 Å². The van der Waals surface area contributed by atoms with Crippen molar-refractivity contribution >= 4 is 34.8 Å². The largest absolute Gasteiger partial charge is 0.492 e. The molecular formula is C23H27N3O6S. The van der Waals surface area contributed by atoms with E-state index in [4.69, 9.17) is 9.84 Å². The van der Waals surface area contributed by atoms with E-state index in [-0.39, 0.29) is 5.25 Å². The number of aromatic nitrogens is 1. The zero-order valence-corrected chi connectivity index (χ0v) is 19.3. The van der Waals surface area contributed by atoms with Crippen LogP contribution in [0.25, 0.3) is 0 Å². The predicted octanol–water partition coefficient (Wildman–Crippen LogP) is 2.99. The number of carbonyl (C=O) groups excluding carboxylic acids is 1. The van der Waals surface area contributed by atoms with Gasteiger partial charge in [0.2, 0.25) is 0 Å². The van der Waals surface area contributed by atoms with Crippen LogP contribution in [0.4, 0.5) is 10.6 Å². The number of pyridine rings is 1. The summed E-state index contributed by atoms with van der Waals surface area (Å²) in [6, 6.07) is 11.5. The molecule has 0 spiro atoms. The third-order valence-electron chi connectivity index (χ3n) is 5.52. The number of likely N-dealkylation sites (N-methyl/N-ethyl adjacent to an activating group) is 1. The van der Waals surface area contributed by atoms with Crippen LogP contribution in [0.2, 0.25) is 0 Å². The van der Waals surface area contributed by atoms with Crippen molar-refractivity contribution in [1.82, 2.24) is 9.88 Å². The molecule has 3 atom stereocenters. The van der Waals surface area contributed by atoms with Crippen LogP contribution in [0.5, 0.6) is 5.75 Å². The van der Waals surface area contributed by atoms with E-state index in [0.29, 0.717) is 19.6 Å². The maximum Gasteiger partial charge on any atom is 0.327 e. The Kier molecular flexibility index (Phi) is 8.16. The quantitative estimate of drug-likeness (QED) is 0.507. The van der Waals surface area contributed by atoms with Gasteiger partial charge in [0.25, 0.3) is 5.24 Å². The van der Waals surface area contributed by atoms with E-state index in [2.05, 4.69) is 4.98 Å². The number of carboxylic acids is 2. The minimum absolute atomic E-state index is 0.174. The van der Waals surface area contributed by atoms with E-state index in [0.717, 1.165) is 28.9 Å². The van der Waals surface area contributed by atoms with Crippen LogP contribution in [-0.2, 0) is 16.0 Å². The smallest absolute Gasteiger partial charge is 0.327 e. The second-order valence-corrected chi connectivity index (χ2v) is 9.02. The molecule has 1 fully saturated rings. The number of hydrogen-bond acceptors (Lipinski definition) is 7. The molecule has 3 unspecified atom stereocenters. The Morgan fingerprint density at radius 3 is 2.55 bits per heavy atom. The van der Waals surface area contributed by atoms with Crippen LogP contribution in [0.15, 0.2) is 48.7 Å². The first-order valence-corrected chi connectivity index (χ1v) is 11.4. The van der Waals surface area contributed by atoms with E-state index in [9.17, 15) is 19.5 Å². The molecule has 10 heteroatoms. The number of anilines is 1. The van der Waals surface area contributed by atoms with E-state index in [1.54, 1.807) is 13.1 Å². The third-order valence-corrected chi connectivity index (χ3v) is 6.80. The van der Waals surface area contributed by atoms with Gasteiger partial charge in [-0.1, -0.05) is 30.0 Å². The van der Waals surface area contributed by atoms with Crippen molar-refractivity contribution in [2.24, 2.45) is 0 Å². The standard InChI is InChI=1S/C23H27N3O6S/c1-15-19(33-23(31)26(15)18(22(29)30)14-21(27)28)13-16-6-8-17(9-7-16)32-12-11-25(2)20-5-3-4-10-24-20/h3-10,15,18-19H,11-14H2,1-2H3,(H,27,28)(H,29,30). The molecule has 1 aliphatic rings. The number of benzene rings is 1. The second kappa shape index (κ2) is 11.0. The summed E-state index contributed by atoms with van der Waals surface area (Å²) in [6.45, 7) is 2.93. The van der Waals surface area contributed by atoms with E-state index in [1.165, 1.54) is 4.90 Å². The first kappa shape index (κ1) is 24.4. The van der Waals surface area contributed by atoms with Crippen molar-refractivity contribution in [3.63, 3.8) is 0 Å². The minimum atomic E-state index is -1.37. The number of amides is 1. The lowest BCUT2D eigenvalue weighted by Gasteiger charge is -2.28. The molecule has 176 valence electrons. The fourth-order valence-corrected chi connectivity index (χ4v) is 4.95. The van der Waals surface area contributed by atoms with Crippen LogP contribution in [0, 0.1) is 0 Å². The lowest BCUT2D eigenvalue weighted by Crippen LogP contribution is -2.47. The molecule has 2 aromatic rings. The van der Waals surface area contributed by atoms with Crippen molar-refractivity contribution in [2.45, 2.75) is 37.1 Å². The van der Waals surface area contributed by atoms with Gasteiger partial charge in [-0.2, -0.15) is 0 Å². The Morgan fingerprint density at radius 2 is 1.94 bits per heavy atom. The highest BCUT2D eigenvalue weighted by molar-refractivity contribution is 8.14. The number of carbonyl (C=O) groups is 3. The average Bonchev–Trinajstić information content (AvgIpc) is 3.06. The zero-order chi connectivity index (χ0) is 24.0. The maximum atomic E-state index is 12.4. The molecule has 0 bridgehead atoms. The van der Waals surface area contributed by atoms with Crippen LogP contribution < -0.4 is 9.64 Å². The number of rotatable bonds is 11. The first-order valence-electron chi connectivity index (χ1n) is 10.5. The molecule has 3 rings (SSSR count). The Labute approximate surface area is 196 Å². The molecule has 1 aromatic carbocycles. The van der Waals surface area contributed by atoms with E-state index >= 15 is 0 Å². The summed E-state index contributed by atoms with van der Waals surface area (Å²) in [5.41, 5.74) is 0.983. The monoisotopic (exact) mass is 473 g/mol. The van der Waals surface area contributed by atoms with Crippen LogP contribution in [0.3, 0.4) is 0 Å². The highest BCUT2D eigenvalue weighted by Gasteiger charge is 2.44. The Hall–Kier alpha value is -3.27. The average molecular weight is 474 g/mol. The molecule has 0 saturated carbocycles. The van der Waals surface area contributed by atoms with Gasteiger partial charge in [-0.25, -0.2) is 9.78 Å². The van der Waals surface area contributed by atoms with Crippen LogP contribution in [0.1, 0.15) is 18.9 Å². The fourth-order valence-electron chi connectivity index (χ4n) is 3.68. The van der Waals surface area contributed by atoms with Gasteiger partial charge in [0.15, 0.2) is 0 Å². The summed E-state index contributed by atoms with van der Waals surface area (Å²) in [4.78, 5) is 42.5. The first-order chi connectivity index (χ1) is 15.8. The molecular weight excluding hydrogens is 446 g/mol. The summed E-state index contributed by atoms with van der Waals surface area (Å²) in [5.74, 6) is -0.964. The Morgan fingerprint density at radius 1 is 1.21 bits per heavy atom. The van der Waals surface area contributed by atoms with Gasteiger partial charge in [-0.3, -0.25) is 9.59 Å². The molecule has 0 aliphatic carbocycles. The number of thioether (sulfide) groups is 1. The number of nitrogens with zero attached hydrogens (tertiary/aromatic N) is 3. The summed E-state index contributed by atoms with van der Waals surface area (Å²) in [7, 11) is 1.95. The van der Waals surface area contributed by atoms with Crippen LogP contribution >= 0.6 is 11.8 Å². The molecule has 1 aromatic heterocycles. The maximum absolute atomic E-state index is 12.4. The molecule has 1 amide bonds. The predicted molar refractivity (Wildman–Crippen MR) is 125 cm³/mol. The Bertz CT molecular complexity index is 972. The number of hydrogen-bond donors (Lipinski definition) is 2. The number of ether oxygens (including phenoxy) is 1. The SMILES string of the molecule is CC1C(Cc2ccc(OCCN(C)c3ccccn3)cc2)SC(=O)N1C(CC(=O)O)C(=O)O. The van der Waals surface area contributed by atoms with Gasteiger partial charge >= 0.3 is 11.9 Å². The number of carboxylic acid groups (broad SMARTS) is 2. The van der Waals surface area contributed by atoms with E-state index in [1.807, 2.05) is 54.4 Å². The van der Waals surface area contributed by atoms with Gasteiger partial charge in [-0.15, -0.1) is 0 Å². The van der Waals surface area contributed by atoms with Crippen molar-refractivity contribution < 1.29 is 29.3 Å². The molecule has 33 heavy (non-hydrogen) atoms. The van der Waals surface area contributed by atoms with Gasteiger partial charge in [0.05, 0.1) is 13.0 Å². The van der Waals surface area contributed by atoms with Crippen molar-refractivity contribution in [3.05, 3.63) is 54.2 Å². The lowest BCUT2D eigenvalue weighted by molar-refractivity contribution is -0.149. The van der Waals surface area contributed by atoms with Gasteiger partial charge in [0.1, 0.15) is 24.2 Å². The van der Waals surface area contributed by atoms with Crippen molar-refractivity contribution in [2.75, 3.05) is 25.1 Å². The molecule has 1 saturated heterocycles. The molecule has 2 heterocycles. The molecule has 0 radical (unpaired) electrons. The highest BCUT2D eigenvalue weighted by Crippen LogP contribution is 2.36. The summed E-state index contributed by atoms with van der Waals surface area (Å²) in [6.07, 6.45) is 1.67. The second-order valence-electron chi connectivity index (χ2n) is 7.83.